The van der Waals surface area contributed by atoms with E-state index in [0.717, 1.165) is 12.0 Å². The Kier molecular flexibility index (Phi) is 6.89. The molecule has 2 aromatic carbocycles. The standard InChI is InChI=1S/C20H24ClNO4S/c1-5-15(3)22(16(4)23)13-17-9-7-10-18(12-17)26-27(24,25)20-14(2)8-6-11-19(20)21/h6-12,15H,5,13H2,1-4H3/t15-/m1/s1. The van der Waals surface area contributed by atoms with E-state index in [4.69, 9.17) is 15.8 Å². The summed E-state index contributed by atoms with van der Waals surface area (Å²) in [5.74, 6) is 0.148. The van der Waals surface area contributed by atoms with Gasteiger partial charge in [-0.05, 0) is 49.6 Å². The summed E-state index contributed by atoms with van der Waals surface area (Å²) in [6, 6.07) is 11.7. The third-order valence-electron chi connectivity index (χ3n) is 4.40. The van der Waals surface area contributed by atoms with Crippen molar-refractivity contribution in [3.63, 3.8) is 0 Å². The monoisotopic (exact) mass is 409 g/mol. The summed E-state index contributed by atoms with van der Waals surface area (Å²) in [5.41, 5.74) is 1.30. The molecule has 0 N–H and O–H groups in total. The Morgan fingerprint density at radius 3 is 2.48 bits per heavy atom. The van der Waals surface area contributed by atoms with Crippen LogP contribution in [0.5, 0.6) is 5.75 Å². The summed E-state index contributed by atoms with van der Waals surface area (Å²) in [5, 5.41) is 0.116. The first-order chi connectivity index (χ1) is 12.7. The van der Waals surface area contributed by atoms with E-state index in [9.17, 15) is 13.2 Å². The fraction of sp³-hybridized carbons (Fsp3) is 0.350. The topological polar surface area (TPSA) is 63.7 Å². The van der Waals surface area contributed by atoms with Crippen molar-refractivity contribution in [2.45, 2.75) is 51.6 Å². The lowest BCUT2D eigenvalue weighted by atomic mass is 10.1. The second kappa shape index (κ2) is 8.76. The first kappa shape index (κ1) is 21.3. The summed E-state index contributed by atoms with van der Waals surface area (Å²) < 4.78 is 30.6. The van der Waals surface area contributed by atoms with E-state index >= 15 is 0 Å². The van der Waals surface area contributed by atoms with Gasteiger partial charge in [0, 0.05) is 19.5 Å². The lowest BCUT2D eigenvalue weighted by Gasteiger charge is -2.27. The normalized spacial score (nSPS) is 12.5. The fourth-order valence-electron chi connectivity index (χ4n) is 2.79. The molecule has 0 spiro atoms. The molecule has 0 aliphatic carbocycles. The number of aryl methyl sites for hydroxylation is 1. The molecule has 0 bridgehead atoms. The van der Waals surface area contributed by atoms with Crippen molar-refractivity contribution in [2.24, 2.45) is 0 Å². The highest BCUT2D eigenvalue weighted by atomic mass is 35.5. The number of carbonyl (C=O) groups is 1. The average Bonchev–Trinajstić information content (AvgIpc) is 2.58. The number of nitrogens with zero attached hydrogens (tertiary/aromatic N) is 1. The third-order valence-corrected chi connectivity index (χ3v) is 6.28. The Labute approximate surface area is 166 Å². The Hall–Kier alpha value is -2.05. The molecule has 0 aliphatic rings. The predicted molar refractivity (Wildman–Crippen MR) is 106 cm³/mol. The summed E-state index contributed by atoms with van der Waals surface area (Å²) in [4.78, 5) is 13.6. The minimum absolute atomic E-state index is 0.0324. The van der Waals surface area contributed by atoms with Crippen LogP contribution < -0.4 is 4.18 Å². The molecule has 0 heterocycles. The predicted octanol–water partition coefficient (Wildman–Crippen LogP) is 4.56. The second-order valence-electron chi connectivity index (χ2n) is 6.47. The van der Waals surface area contributed by atoms with Gasteiger partial charge < -0.3 is 9.08 Å². The fourth-order valence-corrected chi connectivity index (χ4v) is 4.51. The molecule has 0 saturated heterocycles. The van der Waals surface area contributed by atoms with Crippen molar-refractivity contribution in [1.82, 2.24) is 4.90 Å². The lowest BCUT2D eigenvalue weighted by Crippen LogP contribution is -2.36. The Bertz CT molecular complexity index is 907. The highest BCUT2D eigenvalue weighted by Crippen LogP contribution is 2.28. The number of carbonyl (C=O) groups excluding carboxylic acids is 1. The van der Waals surface area contributed by atoms with E-state index < -0.39 is 10.1 Å². The zero-order valence-corrected chi connectivity index (χ0v) is 17.5. The van der Waals surface area contributed by atoms with Gasteiger partial charge in [-0.15, -0.1) is 0 Å². The molecule has 0 aliphatic heterocycles. The molecular formula is C20H24ClNO4S. The Morgan fingerprint density at radius 1 is 1.22 bits per heavy atom. The van der Waals surface area contributed by atoms with E-state index in [1.165, 1.54) is 13.0 Å². The van der Waals surface area contributed by atoms with E-state index in [-0.39, 0.29) is 27.6 Å². The zero-order valence-electron chi connectivity index (χ0n) is 15.9. The van der Waals surface area contributed by atoms with Crippen LogP contribution >= 0.6 is 11.6 Å². The quantitative estimate of drug-likeness (QED) is 0.628. The molecule has 0 radical (unpaired) electrons. The first-order valence-electron chi connectivity index (χ1n) is 8.71. The van der Waals surface area contributed by atoms with Crippen LogP contribution in [0.25, 0.3) is 0 Å². The van der Waals surface area contributed by atoms with Crippen molar-refractivity contribution in [2.75, 3.05) is 0 Å². The van der Waals surface area contributed by atoms with Gasteiger partial charge in [-0.3, -0.25) is 4.79 Å². The molecule has 27 heavy (non-hydrogen) atoms. The maximum atomic E-state index is 12.7. The van der Waals surface area contributed by atoms with Crippen LogP contribution in [-0.2, 0) is 21.5 Å². The highest BCUT2D eigenvalue weighted by molar-refractivity contribution is 7.87. The molecule has 0 unspecified atom stereocenters. The van der Waals surface area contributed by atoms with E-state index in [0.29, 0.717) is 12.1 Å². The van der Waals surface area contributed by atoms with Crippen LogP contribution in [0.2, 0.25) is 5.02 Å². The average molecular weight is 410 g/mol. The number of rotatable bonds is 7. The van der Waals surface area contributed by atoms with E-state index in [1.54, 1.807) is 42.2 Å². The van der Waals surface area contributed by atoms with Gasteiger partial charge in [-0.2, -0.15) is 8.42 Å². The Morgan fingerprint density at radius 2 is 1.89 bits per heavy atom. The maximum Gasteiger partial charge on any atom is 0.340 e. The van der Waals surface area contributed by atoms with Crippen molar-refractivity contribution < 1.29 is 17.4 Å². The number of hydrogen-bond acceptors (Lipinski definition) is 4. The third kappa shape index (κ3) is 5.23. The largest absolute Gasteiger partial charge is 0.379 e. The minimum atomic E-state index is -4.07. The number of hydrogen-bond donors (Lipinski definition) is 0. The van der Waals surface area contributed by atoms with Crippen LogP contribution in [0.3, 0.4) is 0 Å². The van der Waals surface area contributed by atoms with Gasteiger partial charge in [0.1, 0.15) is 10.6 Å². The highest BCUT2D eigenvalue weighted by Gasteiger charge is 2.23. The van der Waals surface area contributed by atoms with Crippen LogP contribution in [0, 0.1) is 6.92 Å². The number of amides is 1. The van der Waals surface area contributed by atoms with Crippen LogP contribution in [0.1, 0.15) is 38.3 Å². The molecule has 0 saturated carbocycles. The van der Waals surface area contributed by atoms with Crippen molar-refractivity contribution in [1.29, 1.82) is 0 Å². The smallest absolute Gasteiger partial charge is 0.340 e. The van der Waals surface area contributed by atoms with Crippen LogP contribution in [0.4, 0.5) is 0 Å². The molecular weight excluding hydrogens is 386 g/mol. The first-order valence-corrected chi connectivity index (χ1v) is 10.5. The molecule has 1 amide bonds. The second-order valence-corrected chi connectivity index (χ2v) is 8.37. The van der Waals surface area contributed by atoms with E-state index in [1.807, 2.05) is 19.9 Å². The summed E-state index contributed by atoms with van der Waals surface area (Å²) in [6.45, 7) is 7.56. The van der Waals surface area contributed by atoms with Gasteiger partial charge in [0.25, 0.3) is 0 Å². The Balaban J connectivity index is 2.29. The molecule has 7 heteroatoms. The zero-order chi connectivity index (χ0) is 20.2. The van der Waals surface area contributed by atoms with E-state index in [2.05, 4.69) is 0 Å². The molecule has 0 aromatic heterocycles. The minimum Gasteiger partial charge on any atom is -0.379 e. The number of halogens is 1. The van der Waals surface area contributed by atoms with Gasteiger partial charge in [0.15, 0.2) is 0 Å². The van der Waals surface area contributed by atoms with Crippen LogP contribution in [-0.4, -0.2) is 25.3 Å². The van der Waals surface area contributed by atoms with Gasteiger partial charge in [0.05, 0.1) is 5.02 Å². The molecule has 0 fully saturated rings. The SMILES string of the molecule is CC[C@@H](C)N(Cc1cccc(OS(=O)(=O)c2c(C)cccc2Cl)c1)C(C)=O. The van der Waals surface area contributed by atoms with Crippen molar-refractivity contribution in [3.8, 4) is 5.75 Å². The van der Waals surface area contributed by atoms with Gasteiger partial charge in [-0.1, -0.05) is 42.8 Å². The molecule has 2 rings (SSSR count). The van der Waals surface area contributed by atoms with Crippen LogP contribution in [0.15, 0.2) is 47.4 Å². The van der Waals surface area contributed by atoms with Crippen molar-refractivity contribution >= 4 is 27.6 Å². The lowest BCUT2D eigenvalue weighted by molar-refractivity contribution is -0.131. The maximum absolute atomic E-state index is 12.7. The molecule has 1 atom stereocenters. The van der Waals surface area contributed by atoms with Gasteiger partial charge in [-0.25, -0.2) is 0 Å². The van der Waals surface area contributed by atoms with Gasteiger partial charge in [0.2, 0.25) is 5.91 Å². The summed E-state index contributed by atoms with van der Waals surface area (Å²) >= 11 is 6.06. The molecule has 146 valence electrons. The number of benzene rings is 2. The summed E-state index contributed by atoms with van der Waals surface area (Å²) in [7, 11) is -4.07. The molecule has 5 nitrogen and oxygen atoms in total. The van der Waals surface area contributed by atoms with Gasteiger partial charge >= 0.3 is 10.1 Å². The molecule has 2 aromatic rings. The summed E-state index contributed by atoms with van der Waals surface area (Å²) in [6.07, 6.45) is 0.829. The van der Waals surface area contributed by atoms with Crippen molar-refractivity contribution in [3.05, 3.63) is 58.6 Å².